The zero-order valence-corrected chi connectivity index (χ0v) is 11.2. The molecule has 88 valence electrons. The molecule has 1 aromatic carbocycles. The first-order valence-electron chi connectivity index (χ1n) is 5.46. The Bertz CT molecular complexity index is 376. The molecule has 1 aromatic rings. The Morgan fingerprint density at radius 2 is 2.19 bits per heavy atom. The van der Waals surface area contributed by atoms with E-state index < -0.39 is 0 Å². The molecule has 0 radical (unpaired) electrons. The van der Waals surface area contributed by atoms with Crippen molar-refractivity contribution in [3.05, 3.63) is 35.1 Å². The van der Waals surface area contributed by atoms with Crippen LogP contribution in [0, 0.1) is 12.7 Å². The van der Waals surface area contributed by atoms with Crippen molar-refractivity contribution in [3.63, 3.8) is 0 Å². The molecule has 1 nitrogen and oxygen atoms in total. The number of alkyl halides is 1. The van der Waals surface area contributed by atoms with E-state index in [1.807, 2.05) is 6.92 Å². The van der Waals surface area contributed by atoms with Crippen LogP contribution in [0.3, 0.4) is 0 Å². The lowest BCUT2D eigenvalue weighted by atomic mass is 10.0. The molecule has 1 rings (SSSR count). The van der Waals surface area contributed by atoms with Gasteiger partial charge in [0.15, 0.2) is 0 Å². The van der Waals surface area contributed by atoms with Gasteiger partial charge in [0.25, 0.3) is 0 Å². The average molecular weight is 287 g/mol. The second kappa shape index (κ2) is 6.14. The molecule has 0 aromatic heterocycles. The summed E-state index contributed by atoms with van der Waals surface area (Å²) in [6, 6.07) is 4.98. The van der Waals surface area contributed by atoms with Crippen LogP contribution in [0.15, 0.2) is 18.2 Å². The molecule has 0 heterocycles. The summed E-state index contributed by atoms with van der Waals surface area (Å²) in [7, 11) is 0. The van der Waals surface area contributed by atoms with Gasteiger partial charge >= 0.3 is 0 Å². The molecule has 0 spiro atoms. The number of Topliss-reactive ketones (excluding diaryl/α,β-unsaturated/α-hetero) is 1. The minimum absolute atomic E-state index is 0.155. The molecule has 0 saturated carbocycles. The molecule has 0 amide bonds. The third-order valence-electron chi connectivity index (χ3n) is 2.48. The zero-order valence-electron chi connectivity index (χ0n) is 9.59. The highest BCUT2D eigenvalue weighted by molar-refractivity contribution is 9.10. The van der Waals surface area contributed by atoms with Crippen LogP contribution < -0.4 is 0 Å². The minimum Gasteiger partial charge on any atom is -0.298 e. The van der Waals surface area contributed by atoms with Gasteiger partial charge in [0.1, 0.15) is 11.6 Å². The van der Waals surface area contributed by atoms with Crippen LogP contribution in [0.5, 0.6) is 0 Å². The van der Waals surface area contributed by atoms with Crippen molar-refractivity contribution in [2.24, 2.45) is 0 Å². The van der Waals surface area contributed by atoms with E-state index in [1.165, 1.54) is 6.07 Å². The van der Waals surface area contributed by atoms with Gasteiger partial charge in [0.05, 0.1) is 4.83 Å². The second-order valence-electron chi connectivity index (χ2n) is 3.97. The molecule has 0 aliphatic rings. The van der Waals surface area contributed by atoms with E-state index in [0.717, 1.165) is 12.0 Å². The van der Waals surface area contributed by atoms with E-state index in [1.54, 1.807) is 19.1 Å². The van der Waals surface area contributed by atoms with Crippen LogP contribution in [0.25, 0.3) is 0 Å². The van der Waals surface area contributed by atoms with Crippen molar-refractivity contribution in [2.45, 2.75) is 37.9 Å². The fourth-order valence-electron chi connectivity index (χ4n) is 1.56. The predicted molar refractivity (Wildman–Crippen MR) is 67.5 cm³/mol. The maximum Gasteiger partial charge on any atom is 0.146 e. The van der Waals surface area contributed by atoms with Gasteiger partial charge in [-0.1, -0.05) is 35.0 Å². The van der Waals surface area contributed by atoms with Crippen molar-refractivity contribution >= 4 is 21.7 Å². The molecule has 0 fully saturated rings. The molecule has 3 heteroatoms. The Balaban J connectivity index is 2.66. The van der Waals surface area contributed by atoms with Gasteiger partial charge in [-0.25, -0.2) is 4.39 Å². The van der Waals surface area contributed by atoms with Crippen LogP contribution >= 0.6 is 15.9 Å². The summed E-state index contributed by atoms with van der Waals surface area (Å²) >= 11 is 3.38. The van der Waals surface area contributed by atoms with E-state index in [2.05, 4.69) is 15.9 Å². The van der Waals surface area contributed by atoms with Gasteiger partial charge in [0, 0.05) is 6.42 Å². The third kappa shape index (κ3) is 3.71. The number of carbonyl (C=O) groups excluding carboxylic acids is 1. The summed E-state index contributed by atoms with van der Waals surface area (Å²) in [5, 5.41) is 0. The predicted octanol–water partition coefficient (Wildman–Crippen LogP) is 3.81. The van der Waals surface area contributed by atoms with Gasteiger partial charge < -0.3 is 0 Å². The number of hydrogen-bond donors (Lipinski definition) is 0. The monoisotopic (exact) mass is 286 g/mol. The number of halogens is 2. The van der Waals surface area contributed by atoms with Gasteiger partial charge in [-0.05, 0) is 37.0 Å². The van der Waals surface area contributed by atoms with E-state index in [4.69, 9.17) is 0 Å². The third-order valence-corrected chi connectivity index (χ3v) is 3.32. The Hall–Kier alpha value is -0.700. The number of hydrogen-bond acceptors (Lipinski definition) is 1. The molecule has 1 atom stereocenters. The fourth-order valence-corrected chi connectivity index (χ4v) is 2.16. The highest BCUT2D eigenvalue weighted by Crippen LogP contribution is 2.16. The maximum absolute atomic E-state index is 13.0. The summed E-state index contributed by atoms with van der Waals surface area (Å²) < 4.78 is 13.0. The minimum atomic E-state index is -0.199. The Kier molecular flexibility index (Phi) is 5.13. The lowest BCUT2D eigenvalue weighted by molar-refractivity contribution is -0.118. The van der Waals surface area contributed by atoms with Crippen molar-refractivity contribution in [1.82, 2.24) is 0 Å². The first-order valence-corrected chi connectivity index (χ1v) is 6.38. The molecule has 0 aliphatic carbocycles. The maximum atomic E-state index is 13.0. The molecule has 16 heavy (non-hydrogen) atoms. The standard InChI is InChI=1S/C13H16BrFO/c1-3-4-13(16)11(14)8-10-5-6-12(15)9(2)7-10/h5-7,11H,3-4,8H2,1-2H3. The van der Waals surface area contributed by atoms with Crippen LogP contribution in [0.4, 0.5) is 4.39 Å². The van der Waals surface area contributed by atoms with Crippen LogP contribution in [0.2, 0.25) is 0 Å². The van der Waals surface area contributed by atoms with Crippen molar-refractivity contribution in [2.75, 3.05) is 0 Å². The molecule has 1 unspecified atom stereocenters. The number of benzene rings is 1. The van der Waals surface area contributed by atoms with Crippen LogP contribution in [0.1, 0.15) is 30.9 Å². The lowest BCUT2D eigenvalue weighted by Crippen LogP contribution is -2.16. The first kappa shape index (κ1) is 13.4. The summed E-state index contributed by atoms with van der Waals surface area (Å²) in [5.74, 6) is 0.0132. The SMILES string of the molecule is CCCC(=O)C(Br)Cc1ccc(F)c(C)c1. The summed E-state index contributed by atoms with van der Waals surface area (Å²) in [6.45, 7) is 3.72. The van der Waals surface area contributed by atoms with E-state index in [0.29, 0.717) is 18.4 Å². The van der Waals surface area contributed by atoms with Gasteiger partial charge in [0.2, 0.25) is 0 Å². The smallest absolute Gasteiger partial charge is 0.146 e. The zero-order chi connectivity index (χ0) is 12.1. The van der Waals surface area contributed by atoms with Crippen molar-refractivity contribution in [1.29, 1.82) is 0 Å². The number of carbonyl (C=O) groups is 1. The highest BCUT2D eigenvalue weighted by atomic mass is 79.9. The van der Waals surface area contributed by atoms with Gasteiger partial charge in [-0.2, -0.15) is 0 Å². The molecule has 0 aliphatic heterocycles. The van der Waals surface area contributed by atoms with E-state index in [9.17, 15) is 9.18 Å². The van der Waals surface area contributed by atoms with Crippen LogP contribution in [-0.2, 0) is 11.2 Å². The Morgan fingerprint density at radius 3 is 2.75 bits per heavy atom. The van der Waals surface area contributed by atoms with Crippen molar-refractivity contribution < 1.29 is 9.18 Å². The Morgan fingerprint density at radius 1 is 1.50 bits per heavy atom. The first-order chi connectivity index (χ1) is 7.54. The quantitative estimate of drug-likeness (QED) is 0.753. The normalized spacial score (nSPS) is 12.5. The average Bonchev–Trinajstić information content (AvgIpc) is 2.24. The van der Waals surface area contributed by atoms with Crippen molar-refractivity contribution in [3.8, 4) is 0 Å². The number of aryl methyl sites for hydroxylation is 1. The van der Waals surface area contributed by atoms with E-state index in [-0.39, 0.29) is 16.4 Å². The number of rotatable bonds is 5. The molecule has 0 bridgehead atoms. The molecular weight excluding hydrogens is 271 g/mol. The summed E-state index contributed by atoms with van der Waals surface area (Å²) in [4.78, 5) is 11.4. The van der Waals surface area contributed by atoms with Gasteiger partial charge in [-0.3, -0.25) is 4.79 Å². The number of ketones is 1. The highest BCUT2D eigenvalue weighted by Gasteiger charge is 2.14. The second-order valence-corrected chi connectivity index (χ2v) is 5.08. The van der Waals surface area contributed by atoms with Gasteiger partial charge in [-0.15, -0.1) is 0 Å². The topological polar surface area (TPSA) is 17.1 Å². The largest absolute Gasteiger partial charge is 0.298 e. The van der Waals surface area contributed by atoms with E-state index >= 15 is 0 Å². The summed E-state index contributed by atoms with van der Waals surface area (Å²) in [5.41, 5.74) is 1.62. The lowest BCUT2D eigenvalue weighted by Gasteiger charge is -2.09. The molecule has 0 N–H and O–H groups in total. The fraction of sp³-hybridized carbons (Fsp3) is 0.462. The molecular formula is C13H16BrFO. The van der Waals surface area contributed by atoms with Crippen LogP contribution in [-0.4, -0.2) is 10.6 Å². The Labute approximate surface area is 104 Å². The molecule has 0 saturated heterocycles. The summed E-state index contributed by atoms with van der Waals surface area (Å²) in [6.07, 6.45) is 2.08.